The van der Waals surface area contributed by atoms with Crippen LogP contribution in [0.5, 0.6) is 0 Å². The van der Waals surface area contributed by atoms with Gasteiger partial charge in [-0.05, 0) is 25.2 Å². The summed E-state index contributed by atoms with van der Waals surface area (Å²) in [6.45, 7) is 8.42. The van der Waals surface area contributed by atoms with Gasteiger partial charge in [-0.2, -0.15) is 0 Å². The van der Waals surface area contributed by atoms with Crippen molar-refractivity contribution in [3.8, 4) is 0 Å². The highest BCUT2D eigenvalue weighted by Crippen LogP contribution is 2.28. The van der Waals surface area contributed by atoms with Crippen molar-refractivity contribution in [3.63, 3.8) is 0 Å². The average molecular weight is 229 g/mol. The van der Waals surface area contributed by atoms with Gasteiger partial charge >= 0.3 is 5.97 Å². The van der Waals surface area contributed by atoms with E-state index in [-0.39, 0.29) is 17.4 Å². The van der Waals surface area contributed by atoms with Gasteiger partial charge in [0, 0.05) is 25.8 Å². The second-order valence-corrected chi connectivity index (χ2v) is 5.22. The summed E-state index contributed by atoms with van der Waals surface area (Å²) in [6.07, 6.45) is 2.10. The van der Waals surface area contributed by atoms with Gasteiger partial charge in [0.05, 0.1) is 5.92 Å². The minimum atomic E-state index is -0.739. The maximum atomic E-state index is 10.8. The third-order valence-electron chi connectivity index (χ3n) is 3.69. The number of hydrogen-bond donors (Lipinski definition) is 2. The molecule has 94 valence electrons. The number of nitrogens with one attached hydrogen (secondary N) is 1. The number of carboxylic acid groups (broad SMARTS) is 1. The summed E-state index contributed by atoms with van der Waals surface area (Å²) < 4.78 is 5.34. The maximum Gasteiger partial charge on any atom is 0.307 e. The van der Waals surface area contributed by atoms with Crippen LogP contribution in [0.2, 0.25) is 0 Å². The predicted octanol–water partition coefficient (Wildman–Crippen LogP) is 1.50. The normalized spacial score (nSPS) is 23.7. The van der Waals surface area contributed by atoms with Crippen LogP contribution in [-0.4, -0.2) is 36.9 Å². The molecule has 0 aromatic heterocycles. The third-order valence-corrected chi connectivity index (χ3v) is 3.69. The monoisotopic (exact) mass is 229 g/mol. The summed E-state index contributed by atoms with van der Waals surface area (Å²) in [5, 5.41) is 12.2. The van der Waals surface area contributed by atoms with Gasteiger partial charge in [0.15, 0.2) is 0 Å². The van der Waals surface area contributed by atoms with Gasteiger partial charge in [0.25, 0.3) is 0 Å². The van der Waals surface area contributed by atoms with Crippen LogP contribution in [0.15, 0.2) is 0 Å². The second kappa shape index (κ2) is 5.64. The van der Waals surface area contributed by atoms with Crippen LogP contribution in [0.3, 0.4) is 0 Å². The summed E-state index contributed by atoms with van der Waals surface area (Å²) in [5.41, 5.74) is 0.255. The van der Waals surface area contributed by atoms with Crippen molar-refractivity contribution >= 4 is 5.97 Å². The zero-order chi connectivity index (χ0) is 12.2. The summed E-state index contributed by atoms with van der Waals surface area (Å²) in [4.78, 5) is 10.8. The van der Waals surface area contributed by atoms with Gasteiger partial charge in [-0.3, -0.25) is 4.79 Å². The molecule has 1 saturated heterocycles. The second-order valence-electron chi connectivity index (χ2n) is 5.22. The molecule has 4 nitrogen and oxygen atoms in total. The van der Waals surface area contributed by atoms with Crippen molar-refractivity contribution in [1.29, 1.82) is 0 Å². The molecule has 1 aliphatic rings. The van der Waals surface area contributed by atoms with E-state index in [0.29, 0.717) is 0 Å². The Balaban J connectivity index is 2.35. The van der Waals surface area contributed by atoms with Gasteiger partial charge in [-0.15, -0.1) is 0 Å². The quantitative estimate of drug-likeness (QED) is 0.750. The summed E-state index contributed by atoms with van der Waals surface area (Å²) in [5.74, 6) is -1.08. The minimum Gasteiger partial charge on any atom is -0.481 e. The Bertz CT molecular complexity index is 236. The Kier molecular flexibility index (Phi) is 4.74. The van der Waals surface area contributed by atoms with E-state index in [1.165, 1.54) is 0 Å². The molecule has 2 N–H and O–H groups in total. The van der Waals surface area contributed by atoms with Crippen LogP contribution in [0, 0.1) is 11.3 Å². The van der Waals surface area contributed by atoms with Crippen molar-refractivity contribution in [2.45, 2.75) is 39.7 Å². The van der Waals surface area contributed by atoms with Crippen molar-refractivity contribution < 1.29 is 14.6 Å². The molecular weight excluding hydrogens is 206 g/mol. The van der Waals surface area contributed by atoms with Crippen molar-refractivity contribution in [1.82, 2.24) is 5.32 Å². The molecular formula is C12H23NO3. The van der Waals surface area contributed by atoms with Gasteiger partial charge in [0.1, 0.15) is 0 Å². The number of ether oxygens (including phenoxy) is 1. The van der Waals surface area contributed by atoms with Crippen LogP contribution >= 0.6 is 0 Å². The summed E-state index contributed by atoms with van der Waals surface area (Å²) >= 11 is 0. The van der Waals surface area contributed by atoms with Crippen LogP contribution in [0.25, 0.3) is 0 Å². The number of aliphatic carboxylic acids is 1. The summed E-state index contributed by atoms with van der Waals surface area (Å²) in [6, 6.07) is 0.0113. The van der Waals surface area contributed by atoms with Crippen LogP contribution in [0.4, 0.5) is 0 Å². The molecule has 0 aliphatic carbocycles. The van der Waals surface area contributed by atoms with Crippen LogP contribution in [0.1, 0.15) is 33.6 Å². The molecule has 16 heavy (non-hydrogen) atoms. The number of rotatable bonds is 5. The van der Waals surface area contributed by atoms with E-state index in [4.69, 9.17) is 9.84 Å². The van der Waals surface area contributed by atoms with E-state index >= 15 is 0 Å². The zero-order valence-electron chi connectivity index (χ0n) is 10.5. The molecule has 2 unspecified atom stereocenters. The Morgan fingerprint density at radius 1 is 1.44 bits per heavy atom. The molecule has 2 atom stereocenters. The van der Waals surface area contributed by atoms with Crippen molar-refractivity contribution in [3.05, 3.63) is 0 Å². The highest BCUT2D eigenvalue weighted by Gasteiger charge is 2.28. The average Bonchev–Trinajstić information content (AvgIpc) is 2.26. The third kappa shape index (κ3) is 3.76. The molecule has 0 spiro atoms. The lowest BCUT2D eigenvalue weighted by molar-refractivity contribution is -0.142. The standard InChI is InChI=1S/C12H23NO3/c1-9(11(14)15)10(2)13-8-12(3)4-6-16-7-5-12/h9-10,13H,4-8H2,1-3H3,(H,14,15). The first kappa shape index (κ1) is 13.5. The van der Waals surface area contributed by atoms with Gasteiger partial charge in [0.2, 0.25) is 0 Å². The fourth-order valence-corrected chi connectivity index (χ4v) is 1.84. The van der Waals surface area contributed by atoms with Gasteiger partial charge in [-0.1, -0.05) is 13.8 Å². The zero-order valence-corrected chi connectivity index (χ0v) is 10.5. The van der Waals surface area contributed by atoms with Crippen molar-refractivity contribution in [2.75, 3.05) is 19.8 Å². The van der Waals surface area contributed by atoms with E-state index in [1.54, 1.807) is 6.92 Å². The summed E-state index contributed by atoms with van der Waals surface area (Å²) in [7, 11) is 0. The molecule has 0 aromatic rings. The Morgan fingerprint density at radius 3 is 2.50 bits per heavy atom. The van der Waals surface area contributed by atoms with Crippen molar-refractivity contribution in [2.24, 2.45) is 11.3 Å². The first-order valence-corrected chi connectivity index (χ1v) is 5.98. The lowest BCUT2D eigenvalue weighted by atomic mass is 9.82. The fraction of sp³-hybridized carbons (Fsp3) is 0.917. The number of hydrogen-bond acceptors (Lipinski definition) is 3. The topological polar surface area (TPSA) is 58.6 Å². The molecule has 0 radical (unpaired) electrons. The Morgan fingerprint density at radius 2 is 2.00 bits per heavy atom. The fourth-order valence-electron chi connectivity index (χ4n) is 1.84. The molecule has 4 heteroatoms. The van der Waals surface area contributed by atoms with Crippen LogP contribution in [-0.2, 0) is 9.53 Å². The molecule has 1 heterocycles. The highest BCUT2D eigenvalue weighted by molar-refractivity contribution is 5.70. The predicted molar refractivity (Wildman–Crippen MR) is 62.4 cm³/mol. The molecule has 0 bridgehead atoms. The lowest BCUT2D eigenvalue weighted by Gasteiger charge is -2.35. The minimum absolute atomic E-state index is 0.0113. The molecule has 0 amide bonds. The number of carboxylic acids is 1. The smallest absolute Gasteiger partial charge is 0.307 e. The van der Waals surface area contributed by atoms with E-state index in [0.717, 1.165) is 32.6 Å². The van der Waals surface area contributed by atoms with E-state index in [2.05, 4.69) is 12.2 Å². The van der Waals surface area contributed by atoms with Gasteiger partial charge in [-0.25, -0.2) is 0 Å². The van der Waals surface area contributed by atoms with E-state index < -0.39 is 5.97 Å². The molecule has 0 saturated carbocycles. The molecule has 1 rings (SSSR count). The number of carbonyl (C=O) groups is 1. The SMILES string of the molecule is CC(NCC1(C)CCOCC1)C(C)C(=O)O. The lowest BCUT2D eigenvalue weighted by Crippen LogP contribution is -2.44. The molecule has 0 aromatic carbocycles. The molecule has 1 aliphatic heterocycles. The Hall–Kier alpha value is -0.610. The van der Waals surface area contributed by atoms with Gasteiger partial charge < -0.3 is 15.2 Å². The Labute approximate surface area is 97.4 Å². The highest BCUT2D eigenvalue weighted by atomic mass is 16.5. The van der Waals surface area contributed by atoms with E-state index in [1.807, 2.05) is 6.92 Å². The van der Waals surface area contributed by atoms with E-state index in [9.17, 15) is 4.79 Å². The largest absolute Gasteiger partial charge is 0.481 e. The first-order valence-electron chi connectivity index (χ1n) is 5.98. The molecule has 1 fully saturated rings. The van der Waals surface area contributed by atoms with Crippen LogP contribution < -0.4 is 5.32 Å². The first-order chi connectivity index (χ1) is 7.44. The maximum absolute atomic E-state index is 10.8.